The predicted octanol–water partition coefficient (Wildman–Crippen LogP) is 0.715. The molecule has 4 rings (SSSR count). The number of pyridine rings is 1. The highest BCUT2D eigenvalue weighted by Gasteiger charge is 2.38. The fourth-order valence-electron chi connectivity index (χ4n) is 3.59. The minimum absolute atomic E-state index is 0.161. The Balaban J connectivity index is 1.40. The molecule has 1 aromatic heterocycles. The van der Waals surface area contributed by atoms with E-state index >= 15 is 0 Å². The maximum Gasteiger partial charge on any atom is 0.255 e. The molecule has 0 radical (unpaired) electrons. The summed E-state index contributed by atoms with van der Waals surface area (Å²) in [6.45, 7) is 1.57. The second-order valence-electron chi connectivity index (χ2n) is 7.08. The predicted molar refractivity (Wildman–Crippen MR) is 102 cm³/mol. The van der Waals surface area contributed by atoms with Gasteiger partial charge >= 0.3 is 0 Å². The van der Waals surface area contributed by atoms with Crippen molar-refractivity contribution >= 4 is 23.4 Å². The number of amides is 3. The molecular formula is C20H21N5O3. The molecule has 1 fully saturated rings. The van der Waals surface area contributed by atoms with Crippen molar-refractivity contribution in [2.75, 3.05) is 5.73 Å². The molecule has 1 aromatic carbocycles. The van der Waals surface area contributed by atoms with Gasteiger partial charge in [0.2, 0.25) is 11.8 Å². The quantitative estimate of drug-likeness (QED) is 0.659. The number of hydrogen-bond acceptors (Lipinski definition) is 6. The Bertz CT molecular complexity index is 941. The number of rotatable bonds is 5. The van der Waals surface area contributed by atoms with E-state index in [1.165, 1.54) is 0 Å². The third-order valence-corrected chi connectivity index (χ3v) is 5.08. The molecule has 1 saturated heterocycles. The van der Waals surface area contributed by atoms with Gasteiger partial charge in [-0.25, -0.2) is 0 Å². The lowest BCUT2D eigenvalue weighted by molar-refractivity contribution is -0.136. The molecule has 2 aromatic rings. The normalized spacial score (nSPS) is 18.9. The van der Waals surface area contributed by atoms with E-state index in [9.17, 15) is 14.4 Å². The summed E-state index contributed by atoms with van der Waals surface area (Å²) in [6, 6.07) is 8.86. The lowest BCUT2D eigenvalue weighted by atomic mass is 10.0. The highest BCUT2D eigenvalue weighted by Crippen LogP contribution is 2.28. The van der Waals surface area contributed by atoms with Crippen LogP contribution in [0, 0.1) is 0 Å². The topological polar surface area (TPSA) is 117 Å². The SMILES string of the molecule is Nc1ccc(CNCc2ccc3c(c2)C(=O)N(C2CCC(=O)NC2=O)C3)nc1. The highest BCUT2D eigenvalue weighted by atomic mass is 16.2. The summed E-state index contributed by atoms with van der Waals surface area (Å²) < 4.78 is 0. The Morgan fingerprint density at radius 1 is 1.18 bits per heavy atom. The van der Waals surface area contributed by atoms with Gasteiger partial charge in [-0.1, -0.05) is 12.1 Å². The summed E-state index contributed by atoms with van der Waals surface area (Å²) >= 11 is 0. The summed E-state index contributed by atoms with van der Waals surface area (Å²) in [5, 5.41) is 5.62. The minimum Gasteiger partial charge on any atom is -0.397 e. The molecule has 0 aliphatic carbocycles. The van der Waals surface area contributed by atoms with Gasteiger partial charge < -0.3 is 16.0 Å². The van der Waals surface area contributed by atoms with E-state index in [2.05, 4.69) is 15.6 Å². The summed E-state index contributed by atoms with van der Waals surface area (Å²) in [7, 11) is 0. The average molecular weight is 379 g/mol. The smallest absolute Gasteiger partial charge is 0.255 e. The van der Waals surface area contributed by atoms with Crippen molar-refractivity contribution in [3.05, 3.63) is 58.9 Å². The van der Waals surface area contributed by atoms with E-state index < -0.39 is 11.9 Å². The van der Waals surface area contributed by atoms with Gasteiger partial charge in [0.15, 0.2) is 0 Å². The van der Waals surface area contributed by atoms with Crippen molar-refractivity contribution in [1.29, 1.82) is 0 Å². The van der Waals surface area contributed by atoms with Crippen LogP contribution in [0.4, 0.5) is 5.69 Å². The standard InChI is InChI=1S/C20H21N5O3/c21-14-3-4-15(23-9-14)10-22-8-12-1-2-13-11-25(20(28)16(13)7-12)17-5-6-18(26)24-19(17)27/h1-4,7,9,17,22H,5-6,8,10-11,21H2,(H,24,26,27). The van der Waals surface area contributed by atoms with E-state index in [0.29, 0.717) is 37.3 Å². The molecule has 2 aliphatic rings. The van der Waals surface area contributed by atoms with E-state index in [1.807, 2.05) is 30.3 Å². The average Bonchev–Trinajstić information content (AvgIpc) is 3.00. The summed E-state index contributed by atoms with van der Waals surface area (Å²) in [5.74, 6) is -0.837. The summed E-state index contributed by atoms with van der Waals surface area (Å²) in [5.41, 5.74) is 9.64. The van der Waals surface area contributed by atoms with Crippen LogP contribution in [0.5, 0.6) is 0 Å². The molecule has 4 N–H and O–H groups in total. The van der Waals surface area contributed by atoms with Crippen molar-refractivity contribution < 1.29 is 14.4 Å². The van der Waals surface area contributed by atoms with Crippen LogP contribution in [-0.4, -0.2) is 33.6 Å². The first-order valence-corrected chi connectivity index (χ1v) is 9.19. The van der Waals surface area contributed by atoms with E-state index in [0.717, 1.165) is 16.8 Å². The van der Waals surface area contributed by atoms with Crippen LogP contribution in [0.2, 0.25) is 0 Å². The number of nitrogens with one attached hydrogen (secondary N) is 2. The third kappa shape index (κ3) is 3.59. The molecule has 8 nitrogen and oxygen atoms in total. The van der Waals surface area contributed by atoms with Gasteiger partial charge in [-0.3, -0.25) is 24.7 Å². The van der Waals surface area contributed by atoms with Crippen molar-refractivity contribution in [2.24, 2.45) is 0 Å². The molecule has 3 amide bonds. The Morgan fingerprint density at radius 2 is 2.04 bits per heavy atom. The second-order valence-corrected chi connectivity index (χ2v) is 7.08. The van der Waals surface area contributed by atoms with E-state index in [1.54, 1.807) is 11.1 Å². The largest absolute Gasteiger partial charge is 0.397 e. The molecule has 2 aliphatic heterocycles. The number of carbonyl (C=O) groups excluding carboxylic acids is 3. The molecule has 0 spiro atoms. The first-order valence-electron chi connectivity index (χ1n) is 9.19. The first-order chi connectivity index (χ1) is 13.5. The Morgan fingerprint density at radius 3 is 2.79 bits per heavy atom. The van der Waals surface area contributed by atoms with Crippen LogP contribution in [-0.2, 0) is 29.2 Å². The number of anilines is 1. The number of aromatic nitrogens is 1. The lowest BCUT2D eigenvalue weighted by Crippen LogP contribution is -2.52. The van der Waals surface area contributed by atoms with Gasteiger partial charge in [-0.15, -0.1) is 0 Å². The molecule has 1 unspecified atom stereocenters. The number of imide groups is 1. The molecular weight excluding hydrogens is 358 g/mol. The van der Waals surface area contributed by atoms with E-state index in [-0.39, 0.29) is 18.2 Å². The highest BCUT2D eigenvalue weighted by molar-refractivity contribution is 6.05. The van der Waals surface area contributed by atoms with Crippen molar-refractivity contribution in [2.45, 2.75) is 38.5 Å². The number of nitrogen functional groups attached to an aromatic ring is 1. The number of benzene rings is 1. The number of nitrogens with zero attached hydrogens (tertiary/aromatic N) is 2. The Kier molecular flexibility index (Phi) is 4.79. The van der Waals surface area contributed by atoms with E-state index in [4.69, 9.17) is 5.73 Å². The number of piperidine rings is 1. The van der Waals surface area contributed by atoms with Crippen LogP contribution in [0.25, 0.3) is 0 Å². The van der Waals surface area contributed by atoms with Gasteiger partial charge in [0, 0.05) is 31.6 Å². The fraction of sp³-hybridized carbons (Fsp3) is 0.300. The zero-order valence-corrected chi connectivity index (χ0v) is 15.3. The molecule has 28 heavy (non-hydrogen) atoms. The van der Waals surface area contributed by atoms with Crippen LogP contribution in [0.1, 0.15) is 40.0 Å². The monoisotopic (exact) mass is 379 g/mol. The fourth-order valence-corrected chi connectivity index (χ4v) is 3.59. The number of fused-ring (bicyclic) bond motifs is 1. The van der Waals surface area contributed by atoms with Gasteiger partial charge in [0.25, 0.3) is 5.91 Å². The van der Waals surface area contributed by atoms with Gasteiger partial charge in [-0.2, -0.15) is 0 Å². The zero-order chi connectivity index (χ0) is 19.7. The molecule has 8 heteroatoms. The Labute approximate surface area is 162 Å². The van der Waals surface area contributed by atoms with Crippen molar-refractivity contribution in [3.63, 3.8) is 0 Å². The Hall–Kier alpha value is -3.26. The van der Waals surface area contributed by atoms with Crippen LogP contribution in [0.15, 0.2) is 36.5 Å². The van der Waals surface area contributed by atoms with Crippen molar-refractivity contribution in [3.8, 4) is 0 Å². The number of nitrogens with two attached hydrogens (primary N) is 1. The van der Waals surface area contributed by atoms with Crippen molar-refractivity contribution in [1.82, 2.24) is 20.5 Å². The van der Waals surface area contributed by atoms with Gasteiger partial charge in [0.1, 0.15) is 6.04 Å². The summed E-state index contributed by atoms with van der Waals surface area (Å²) in [6.07, 6.45) is 2.24. The second kappa shape index (κ2) is 7.40. The molecule has 0 saturated carbocycles. The van der Waals surface area contributed by atoms with Crippen LogP contribution >= 0.6 is 0 Å². The van der Waals surface area contributed by atoms with Gasteiger partial charge in [-0.05, 0) is 35.7 Å². The minimum atomic E-state index is -0.587. The maximum atomic E-state index is 12.8. The molecule has 3 heterocycles. The third-order valence-electron chi connectivity index (χ3n) is 5.08. The van der Waals surface area contributed by atoms with Crippen LogP contribution in [0.3, 0.4) is 0 Å². The zero-order valence-electron chi connectivity index (χ0n) is 15.3. The lowest BCUT2D eigenvalue weighted by Gasteiger charge is -2.29. The number of carbonyl (C=O) groups is 3. The molecule has 1 atom stereocenters. The van der Waals surface area contributed by atoms with Gasteiger partial charge in [0.05, 0.1) is 17.6 Å². The maximum absolute atomic E-state index is 12.8. The molecule has 144 valence electrons. The molecule has 0 bridgehead atoms. The summed E-state index contributed by atoms with van der Waals surface area (Å²) in [4.78, 5) is 42.1. The number of hydrogen-bond donors (Lipinski definition) is 3. The first kappa shape index (κ1) is 18.1. The van der Waals surface area contributed by atoms with Crippen LogP contribution < -0.4 is 16.4 Å².